The molecule has 0 spiro atoms. The summed E-state index contributed by atoms with van der Waals surface area (Å²) in [5.41, 5.74) is 1.08. The summed E-state index contributed by atoms with van der Waals surface area (Å²) in [6.45, 7) is 7.65. The van der Waals surface area contributed by atoms with Crippen LogP contribution in [0.25, 0.3) is 0 Å². The average molecular weight is 424 g/mol. The average Bonchev–Trinajstić information content (AvgIpc) is 3.07. The summed E-state index contributed by atoms with van der Waals surface area (Å²) in [5, 5.41) is 0. The molecule has 0 aliphatic carbocycles. The van der Waals surface area contributed by atoms with Gasteiger partial charge in [0, 0.05) is 38.3 Å². The van der Waals surface area contributed by atoms with E-state index >= 15 is 0 Å². The van der Waals surface area contributed by atoms with Crippen LogP contribution < -0.4 is 9.64 Å². The molecule has 1 aromatic rings. The number of anilines is 1. The number of nitrogens with zero attached hydrogens (tertiary/aromatic N) is 3. The summed E-state index contributed by atoms with van der Waals surface area (Å²) in [6.07, 6.45) is 1.38. The van der Waals surface area contributed by atoms with Gasteiger partial charge in [-0.3, -0.25) is 9.69 Å². The highest BCUT2D eigenvalue weighted by Gasteiger charge is 2.37. The van der Waals surface area contributed by atoms with Crippen LogP contribution in [0.15, 0.2) is 24.3 Å². The lowest BCUT2D eigenvalue weighted by Crippen LogP contribution is -2.53. The van der Waals surface area contributed by atoms with E-state index in [4.69, 9.17) is 4.74 Å². The van der Waals surface area contributed by atoms with Crippen molar-refractivity contribution in [3.8, 4) is 5.75 Å². The second-order valence-corrected chi connectivity index (χ2v) is 10.3. The van der Waals surface area contributed by atoms with Crippen LogP contribution in [-0.2, 0) is 14.6 Å². The number of hydrogen-bond donors (Lipinski definition) is 0. The molecule has 29 heavy (non-hydrogen) atoms. The van der Waals surface area contributed by atoms with Crippen LogP contribution in [0, 0.1) is 0 Å². The smallest absolute Gasteiger partial charge is 0.237 e. The summed E-state index contributed by atoms with van der Waals surface area (Å²) >= 11 is 0. The molecule has 8 heteroatoms. The predicted molar refractivity (Wildman–Crippen MR) is 115 cm³/mol. The first kappa shape index (κ1) is 21.9. The van der Waals surface area contributed by atoms with Crippen LogP contribution in [0.1, 0.15) is 26.7 Å². The van der Waals surface area contributed by atoms with Crippen LogP contribution in [0.3, 0.4) is 0 Å². The lowest BCUT2D eigenvalue weighted by atomic mass is 10.1. The number of carbonyl (C=O) groups excluding carboxylic acids is 1. The van der Waals surface area contributed by atoms with Crippen molar-refractivity contribution in [3.05, 3.63) is 24.3 Å². The molecule has 1 amide bonds. The number of piperazine rings is 1. The van der Waals surface area contributed by atoms with E-state index in [0.29, 0.717) is 13.0 Å². The van der Waals surface area contributed by atoms with Gasteiger partial charge in [0.15, 0.2) is 9.84 Å². The first-order valence-corrected chi connectivity index (χ1v) is 12.3. The Morgan fingerprint density at radius 3 is 2.52 bits per heavy atom. The molecule has 0 unspecified atom stereocenters. The highest BCUT2D eigenvalue weighted by molar-refractivity contribution is 7.91. The van der Waals surface area contributed by atoms with E-state index < -0.39 is 9.84 Å². The molecular weight excluding hydrogens is 390 g/mol. The third kappa shape index (κ3) is 5.22. The molecule has 0 N–H and O–H groups in total. The Hall–Kier alpha value is -1.80. The topological polar surface area (TPSA) is 70.2 Å². The molecule has 2 fully saturated rings. The molecule has 2 aliphatic rings. The maximum absolute atomic E-state index is 13.1. The zero-order chi connectivity index (χ0) is 21.0. The third-order valence-corrected chi connectivity index (χ3v) is 7.86. The fraction of sp³-hybridized carbons (Fsp3) is 0.667. The molecule has 3 rings (SSSR count). The third-order valence-electron chi connectivity index (χ3n) is 6.11. The molecule has 2 saturated heterocycles. The largest absolute Gasteiger partial charge is 0.495 e. The van der Waals surface area contributed by atoms with Crippen molar-refractivity contribution in [2.75, 3.05) is 56.2 Å². The number of methoxy groups -OCH3 is 1. The molecule has 0 saturated carbocycles. The van der Waals surface area contributed by atoms with Gasteiger partial charge >= 0.3 is 0 Å². The first-order valence-electron chi connectivity index (χ1n) is 10.5. The van der Waals surface area contributed by atoms with Crippen molar-refractivity contribution in [1.29, 1.82) is 0 Å². The highest BCUT2D eigenvalue weighted by Crippen LogP contribution is 2.28. The molecule has 1 aromatic carbocycles. The molecule has 2 atom stereocenters. The number of para-hydroxylation sites is 2. The number of hydrogen-bond acceptors (Lipinski definition) is 6. The zero-order valence-corrected chi connectivity index (χ0v) is 18.5. The van der Waals surface area contributed by atoms with Gasteiger partial charge in [-0.15, -0.1) is 0 Å². The monoisotopic (exact) mass is 423 g/mol. The van der Waals surface area contributed by atoms with E-state index in [-0.39, 0.29) is 29.5 Å². The molecule has 0 bridgehead atoms. The Labute approximate surface area is 174 Å². The van der Waals surface area contributed by atoms with Crippen LogP contribution in [0.2, 0.25) is 0 Å². The Morgan fingerprint density at radius 2 is 1.93 bits per heavy atom. The van der Waals surface area contributed by atoms with Gasteiger partial charge in [-0.2, -0.15) is 0 Å². The molecule has 0 aromatic heterocycles. The van der Waals surface area contributed by atoms with E-state index in [1.165, 1.54) is 0 Å². The minimum absolute atomic E-state index is 0.0483. The number of benzene rings is 1. The maximum Gasteiger partial charge on any atom is 0.237 e. The van der Waals surface area contributed by atoms with Crippen LogP contribution >= 0.6 is 0 Å². The summed E-state index contributed by atoms with van der Waals surface area (Å²) < 4.78 is 29.3. The van der Waals surface area contributed by atoms with Gasteiger partial charge in [-0.05, 0) is 31.9 Å². The second kappa shape index (κ2) is 9.34. The molecular formula is C21H33N3O4S. The molecule has 7 nitrogen and oxygen atoms in total. The molecule has 162 valence electrons. The molecule has 2 heterocycles. The van der Waals surface area contributed by atoms with E-state index in [1.807, 2.05) is 36.9 Å². The zero-order valence-electron chi connectivity index (χ0n) is 17.7. The standard InChI is InChI=1S/C21H33N3O4S/c1-4-17(2)24(18-9-14-29(26,27)16-18)21(25)15-22-10-12-23(13-11-22)19-7-5-6-8-20(19)28-3/h5-8,17-18H,4,9-16H2,1-3H3/t17-,18-/m0/s1. The predicted octanol–water partition coefficient (Wildman–Crippen LogP) is 1.63. The Morgan fingerprint density at radius 1 is 1.24 bits per heavy atom. The lowest BCUT2D eigenvalue weighted by Gasteiger charge is -2.39. The first-order chi connectivity index (χ1) is 13.8. The van der Waals surface area contributed by atoms with Gasteiger partial charge in [0.2, 0.25) is 5.91 Å². The van der Waals surface area contributed by atoms with Crippen molar-refractivity contribution in [1.82, 2.24) is 9.80 Å². The van der Waals surface area contributed by atoms with Crippen molar-refractivity contribution >= 4 is 21.4 Å². The Bertz CT molecular complexity index is 806. The number of carbonyl (C=O) groups is 1. The molecule has 0 radical (unpaired) electrons. The number of rotatable bonds is 7. The minimum atomic E-state index is -3.02. The van der Waals surface area contributed by atoms with Gasteiger partial charge in [0.05, 0.1) is 30.8 Å². The van der Waals surface area contributed by atoms with Crippen molar-refractivity contribution in [3.63, 3.8) is 0 Å². The van der Waals surface area contributed by atoms with Gasteiger partial charge in [-0.1, -0.05) is 19.1 Å². The lowest BCUT2D eigenvalue weighted by molar-refractivity contribution is -0.136. The SMILES string of the molecule is CC[C@H](C)N(C(=O)CN1CCN(c2ccccc2OC)CC1)[C@H]1CCS(=O)(=O)C1. The van der Waals surface area contributed by atoms with Gasteiger partial charge in [0.25, 0.3) is 0 Å². The van der Waals surface area contributed by atoms with Gasteiger partial charge < -0.3 is 14.5 Å². The van der Waals surface area contributed by atoms with Crippen molar-refractivity contribution in [2.45, 2.75) is 38.8 Å². The van der Waals surface area contributed by atoms with Crippen LogP contribution in [0.4, 0.5) is 5.69 Å². The number of ether oxygens (including phenoxy) is 1. The normalized spacial score (nSPS) is 23.0. The second-order valence-electron chi connectivity index (χ2n) is 8.05. The summed E-state index contributed by atoms with van der Waals surface area (Å²) in [5.74, 6) is 1.20. The summed E-state index contributed by atoms with van der Waals surface area (Å²) in [6, 6.07) is 7.86. The fourth-order valence-electron chi connectivity index (χ4n) is 4.31. The number of amides is 1. The Balaban J connectivity index is 1.60. The van der Waals surface area contributed by atoms with Gasteiger partial charge in [0.1, 0.15) is 5.75 Å². The minimum Gasteiger partial charge on any atom is -0.495 e. The summed E-state index contributed by atoms with van der Waals surface area (Å²) in [7, 11) is -1.34. The highest BCUT2D eigenvalue weighted by atomic mass is 32.2. The van der Waals surface area contributed by atoms with E-state index in [1.54, 1.807) is 7.11 Å². The molecule has 2 aliphatic heterocycles. The van der Waals surface area contributed by atoms with E-state index in [9.17, 15) is 13.2 Å². The van der Waals surface area contributed by atoms with E-state index in [0.717, 1.165) is 44.0 Å². The maximum atomic E-state index is 13.1. The van der Waals surface area contributed by atoms with Crippen LogP contribution in [0.5, 0.6) is 5.75 Å². The van der Waals surface area contributed by atoms with Crippen molar-refractivity contribution in [2.24, 2.45) is 0 Å². The van der Waals surface area contributed by atoms with Gasteiger partial charge in [-0.25, -0.2) is 8.42 Å². The van der Waals surface area contributed by atoms with Crippen molar-refractivity contribution < 1.29 is 17.9 Å². The quantitative estimate of drug-likeness (QED) is 0.664. The van der Waals surface area contributed by atoms with E-state index in [2.05, 4.69) is 15.9 Å². The van der Waals surface area contributed by atoms with Crippen LogP contribution in [-0.4, -0.2) is 87.5 Å². The number of sulfone groups is 1. The fourth-order valence-corrected chi connectivity index (χ4v) is 6.02. The Kier molecular flexibility index (Phi) is 7.05. The summed E-state index contributed by atoms with van der Waals surface area (Å²) in [4.78, 5) is 19.4.